The number of hydrogen-bond acceptors (Lipinski definition) is 3. The summed E-state index contributed by atoms with van der Waals surface area (Å²) in [6.07, 6.45) is 6.84. The van der Waals surface area contributed by atoms with E-state index in [0.29, 0.717) is 17.5 Å². The van der Waals surface area contributed by atoms with Crippen LogP contribution in [0.1, 0.15) is 46.0 Å². The molecule has 1 N–H and O–H groups in total. The van der Waals surface area contributed by atoms with Gasteiger partial charge in [-0.15, -0.1) is 0 Å². The van der Waals surface area contributed by atoms with E-state index < -0.39 is 0 Å². The highest BCUT2D eigenvalue weighted by molar-refractivity contribution is 8.14. The third-order valence-electron chi connectivity index (χ3n) is 4.27. The van der Waals surface area contributed by atoms with Gasteiger partial charge in [0.25, 0.3) is 0 Å². The van der Waals surface area contributed by atoms with E-state index in [-0.39, 0.29) is 0 Å². The second kappa shape index (κ2) is 6.49. The fourth-order valence-corrected chi connectivity index (χ4v) is 4.27. The quantitative estimate of drug-likeness (QED) is 0.859. The van der Waals surface area contributed by atoms with Gasteiger partial charge in [0, 0.05) is 17.8 Å². The minimum absolute atomic E-state index is 0.376. The molecule has 0 amide bonds. The van der Waals surface area contributed by atoms with Gasteiger partial charge in [-0.2, -0.15) is 0 Å². The number of hydrogen-bond donors (Lipinski definition) is 1. The van der Waals surface area contributed by atoms with E-state index in [9.17, 15) is 0 Å². The third-order valence-corrected chi connectivity index (χ3v) is 5.45. The van der Waals surface area contributed by atoms with Crippen LogP contribution in [0.25, 0.3) is 0 Å². The van der Waals surface area contributed by atoms with Crippen LogP contribution in [-0.4, -0.2) is 48.0 Å². The van der Waals surface area contributed by atoms with Crippen molar-refractivity contribution in [1.82, 2.24) is 10.2 Å². The Balaban J connectivity index is 1.99. The Hall–Kier alpha value is -0.220. The fraction of sp³-hybridized carbons (Fsp3) is 0.933. The molecule has 0 aromatic carbocycles. The van der Waals surface area contributed by atoms with E-state index in [1.165, 1.54) is 43.0 Å². The Morgan fingerprint density at radius 3 is 2.53 bits per heavy atom. The van der Waals surface area contributed by atoms with Gasteiger partial charge in [-0.3, -0.25) is 4.99 Å². The molecular formula is C15H29N3S. The van der Waals surface area contributed by atoms with Crippen LogP contribution in [0.5, 0.6) is 0 Å². The molecule has 4 heteroatoms. The summed E-state index contributed by atoms with van der Waals surface area (Å²) in [4.78, 5) is 7.23. The molecule has 2 rings (SSSR count). The van der Waals surface area contributed by atoms with Crippen molar-refractivity contribution >= 4 is 16.9 Å². The van der Waals surface area contributed by atoms with Gasteiger partial charge in [0.05, 0.1) is 6.04 Å². The van der Waals surface area contributed by atoms with Crippen molar-refractivity contribution in [2.24, 2.45) is 10.9 Å². The lowest BCUT2D eigenvalue weighted by molar-refractivity contribution is 0.301. The molecule has 1 unspecified atom stereocenters. The van der Waals surface area contributed by atoms with Crippen molar-refractivity contribution in [2.75, 3.05) is 26.4 Å². The molecular weight excluding hydrogens is 254 g/mol. The summed E-state index contributed by atoms with van der Waals surface area (Å²) in [7, 11) is 4.26. The SMILES string of the molecule is CC(C)C(CN(C)C)N=C1NC2(CCCCC2)CS1. The van der Waals surface area contributed by atoms with Gasteiger partial charge in [-0.05, 0) is 32.9 Å². The maximum Gasteiger partial charge on any atom is 0.157 e. The largest absolute Gasteiger partial charge is 0.359 e. The summed E-state index contributed by atoms with van der Waals surface area (Å²) in [5, 5.41) is 4.96. The molecule has 1 saturated heterocycles. The van der Waals surface area contributed by atoms with Crippen LogP contribution in [0.2, 0.25) is 0 Å². The monoisotopic (exact) mass is 283 g/mol. The molecule has 110 valence electrons. The zero-order valence-corrected chi connectivity index (χ0v) is 13.7. The smallest absolute Gasteiger partial charge is 0.157 e. The Morgan fingerprint density at radius 2 is 1.95 bits per heavy atom. The summed E-state index contributed by atoms with van der Waals surface area (Å²) < 4.78 is 0. The van der Waals surface area contributed by atoms with E-state index in [1.807, 2.05) is 11.8 Å². The molecule has 1 saturated carbocycles. The summed E-state index contributed by atoms with van der Waals surface area (Å²) in [5.74, 6) is 1.82. The van der Waals surface area contributed by atoms with E-state index in [1.54, 1.807) is 0 Å². The van der Waals surface area contributed by atoms with E-state index in [2.05, 4.69) is 38.2 Å². The minimum atomic E-state index is 0.376. The van der Waals surface area contributed by atoms with Crippen molar-refractivity contribution in [1.29, 1.82) is 0 Å². The Morgan fingerprint density at radius 1 is 1.26 bits per heavy atom. The van der Waals surface area contributed by atoms with Crippen LogP contribution < -0.4 is 5.32 Å². The number of amidine groups is 1. The average Bonchev–Trinajstić information content (AvgIpc) is 2.71. The molecule has 0 radical (unpaired) electrons. The molecule has 1 spiro atoms. The summed E-state index contributed by atoms with van der Waals surface area (Å²) in [6, 6.07) is 0.406. The first-order chi connectivity index (χ1) is 9.01. The van der Waals surface area contributed by atoms with Crippen LogP contribution in [0.15, 0.2) is 4.99 Å². The Kier molecular flexibility index (Phi) is 5.18. The number of nitrogens with zero attached hydrogens (tertiary/aromatic N) is 2. The van der Waals surface area contributed by atoms with Gasteiger partial charge in [-0.1, -0.05) is 44.9 Å². The van der Waals surface area contributed by atoms with Crippen molar-refractivity contribution in [3.63, 3.8) is 0 Å². The normalized spacial score (nSPS) is 26.3. The molecule has 1 heterocycles. The number of aliphatic imine (C=N–C) groups is 1. The standard InChI is InChI=1S/C15H29N3S/c1-12(2)13(10-18(3)4)16-14-17-15(11-19-14)8-6-5-7-9-15/h12-13H,5-11H2,1-4H3,(H,16,17). The highest BCUT2D eigenvalue weighted by Crippen LogP contribution is 2.36. The van der Waals surface area contributed by atoms with Crippen molar-refractivity contribution in [2.45, 2.75) is 57.5 Å². The lowest BCUT2D eigenvalue weighted by Crippen LogP contribution is -2.45. The first kappa shape index (κ1) is 15.2. The maximum absolute atomic E-state index is 4.99. The average molecular weight is 283 g/mol. The Labute approximate surface area is 122 Å². The molecule has 0 aromatic rings. The molecule has 0 aromatic heterocycles. The van der Waals surface area contributed by atoms with Crippen molar-refractivity contribution in [3.8, 4) is 0 Å². The van der Waals surface area contributed by atoms with Gasteiger partial charge in [0.15, 0.2) is 5.17 Å². The number of thioether (sulfide) groups is 1. The molecule has 1 aliphatic carbocycles. The first-order valence-electron chi connectivity index (χ1n) is 7.64. The fourth-order valence-electron chi connectivity index (χ4n) is 3.00. The van der Waals surface area contributed by atoms with Crippen molar-refractivity contribution < 1.29 is 0 Å². The first-order valence-corrected chi connectivity index (χ1v) is 8.63. The van der Waals surface area contributed by atoms with Gasteiger partial charge in [0.1, 0.15) is 0 Å². The summed E-state index contributed by atoms with van der Waals surface area (Å²) in [6.45, 7) is 5.58. The molecule has 1 atom stereocenters. The van der Waals surface area contributed by atoms with Crippen LogP contribution in [-0.2, 0) is 0 Å². The predicted octanol–water partition coefficient (Wildman–Crippen LogP) is 2.97. The van der Waals surface area contributed by atoms with Crippen molar-refractivity contribution in [3.05, 3.63) is 0 Å². The number of nitrogens with one attached hydrogen (secondary N) is 1. The van der Waals surface area contributed by atoms with Crippen LogP contribution in [0.4, 0.5) is 0 Å². The molecule has 3 nitrogen and oxygen atoms in total. The van der Waals surface area contributed by atoms with Crippen LogP contribution in [0, 0.1) is 5.92 Å². The van der Waals surface area contributed by atoms with Crippen LogP contribution in [0.3, 0.4) is 0 Å². The lowest BCUT2D eigenvalue weighted by Gasteiger charge is -2.33. The van der Waals surface area contributed by atoms with Crippen LogP contribution >= 0.6 is 11.8 Å². The highest BCUT2D eigenvalue weighted by Gasteiger charge is 2.38. The van der Waals surface area contributed by atoms with Gasteiger partial charge < -0.3 is 10.2 Å². The van der Waals surface area contributed by atoms with Gasteiger partial charge >= 0.3 is 0 Å². The third kappa shape index (κ3) is 4.12. The molecule has 2 fully saturated rings. The summed E-state index contributed by atoms with van der Waals surface area (Å²) >= 11 is 1.94. The van der Waals surface area contributed by atoms with E-state index in [0.717, 1.165) is 6.54 Å². The second-order valence-electron chi connectivity index (χ2n) is 6.76. The van der Waals surface area contributed by atoms with Gasteiger partial charge in [0.2, 0.25) is 0 Å². The minimum Gasteiger partial charge on any atom is -0.359 e. The topological polar surface area (TPSA) is 27.6 Å². The second-order valence-corrected chi connectivity index (χ2v) is 7.73. The highest BCUT2D eigenvalue weighted by atomic mass is 32.2. The lowest BCUT2D eigenvalue weighted by atomic mass is 9.83. The zero-order chi connectivity index (χ0) is 13.9. The molecule has 2 aliphatic rings. The predicted molar refractivity (Wildman–Crippen MR) is 86.0 cm³/mol. The molecule has 19 heavy (non-hydrogen) atoms. The van der Waals surface area contributed by atoms with E-state index in [4.69, 9.17) is 4.99 Å². The number of likely N-dealkylation sites (N-methyl/N-ethyl adjacent to an activating group) is 1. The zero-order valence-electron chi connectivity index (χ0n) is 12.9. The summed E-state index contributed by atoms with van der Waals surface area (Å²) in [5.41, 5.74) is 0.376. The molecule has 1 aliphatic heterocycles. The molecule has 0 bridgehead atoms. The number of rotatable bonds is 4. The van der Waals surface area contributed by atoms with E-state index >= 15 is 0 Å². The van der Waals surface area contributed by atoms with Gasteiger partial charge in [-0.25, -0.2) is 0 Å². The Bertz CT molecular complexity index is 319. The maximum atomic E-state index is 4.99.